The lowest BCUT2D eigenvalue weighted by atomic mass is 9.97. The van der Waals surface area contributed by atoms with Gasteiger partial charge in [-0.3, -0.25) is 9.59 Å². The maximum atomic E-state index is 13.8. The SMILES string of the molecule is Cc1cccc(CN2C(=O)c3oc4ccccc4c3OCC2(C)C(=O)NC2CCCC2)c1. The predicted molar refractivity (Wildman–Crippen MR) is 122 cm³/mol. The number of hydrogen-bond donors (Lipinski definition) is 1. The van der Waals surface area contributed by atoms with Gasteiger partial charge < -0.3 is 19.4 Å². The summed E-state index contributed by atoms with van der Waals surface area (Å²) in [4.78, 5) is 29.0. The van der Waals surface area contributed by atoms with Crippen molar-refractivity contribution in [3.63, 3.8) is 0 Å². The summed E-state index contributed by atoms with van der Waals surface area (Å²) in [5, 5.41) is 3.92. The summed E-state index contributed by atoms with van der Waals surface area (Å²) in [6.45, 7) is 4.15. The molecule has 1 aromatic heterocycles. The van der Waals surface area contributed by atoms with Gasteiger partial charge in [-0.25, -0.2) is 0 Å². The van der Waals surface area contributed by atoms with E-state index < -0.39 is 5.54 Å². The van der Waals surface area contributed by atoms with Gasteiger partial charge in [0.25, 0.3) is 5.91 Å². The minimum atomic E-state index is -1.17. The summed E-state index contributed by atoms with van der Waals surface area (Å²) in [6, 6.07) is 15.6. The van der Waals surface area contributed by atoms with Crippen molar-refractivity contribution in [3.05, 3.63) is 65.4 Å². The molecule has 2 aliphatic rings. The van der Waals surface area contributed by atoms with Gasteiger partial charge in [-0.15, -0.1) is 0 Å². The molecule has 0 radical (unpaired) electrons. The van der Waals surface area contributed by atoms with Crippen molar-refractivity contribution in [2.75, 3.05) is 6.61 Å². The van der Waals surface area contributed by atoms with E-state index in [1.165, 1.54) is 0 Å². The largest absolute Gasteiger partial charge is 0.486 e. The zero-order valence-electron chi connectivity index (χ0n) is 18.5. The Morgan fingerprint density at radius 3 is 2.72 bits per heavy atom. The number of ether oxygens (including phenoxy) is 1. The fourth-order valence-electron chi connectivity index (χ4n) is 4.78. The van der Waals surface area contributed by atoms with Crippen molar-refractivity contribution < 1.29 is 18.7 Å². The van der Waals surface area contributed by atoms with Crippen LogP contribution in [0.3, 0.4) is 0 Å². The molecule has 1 aliphatic carbocycles. The minimum Gasteiger partial charge on any atom is -0.486 e. The van der Waals surface area contributed by atoms with E-state index in [-0.39, 0.29) is 36.8 Å². The molecule has 2 heterocycles. The highest BCUT2D eigenvalue weighted by molar-refractivity contribution is 6.04. The number of nitrogens with one attached hydrogen (secondary N) is 1. The molecule has 166 valence electrons. The lowest BCUT2D eigenvalue weighted by Crippen LogP contribution is -2.62. The van der Waals surface area contributed by atoms with Crippen LogP contribution in [-0.2, 0) is 11.3 Å². The van der Waals surface area contributed by atoms with Crippen molar-refractivity contribution in [2.45, 2.75) is 57.7 Å². The van der Waals surface area contributed by atoms with Crippen molar-refractivity contribution in [1.82, 2.24) is 10.2 Å². The normalized spacial score (nSPS) is 21.3. The third kappa shape index (κ3) is 3.53. The minimum absolute atomic E-state index is 0.0552. The third-order valence-corrected chi connectivity index (χ3v) is 6.69. The lowest BCUT2D eigenvalue weighted by molar-refractivity contribution is -0.133. The molecule has 3 aromatic rings. The van der Waals surface area contributed by atoms with Gasteiger partial charge in [-0.1, -0.05) is 54.8 Å². The van der Waals surface area contributed by atoms with Crippen LogP contribution >= 0.6 is 0 Å². The van der Waals surface area contributed by atoms with Crippen LogP contribution in [0.15, 0.2) is 52.9 Å². The van der Waals surface area contributed by atoms with Gasteiger partial charge in [0, 0.05) is 12.6 Å². The zero-order chi connectivity index (χ0) is 22.3. The Labute approximate surface area is 187 Å². The van der Waals surface area contributed by atoms with Crippen LogP contribution in [-0.4, -0.2) is 34.9 Å². The molecule has 0 saturated heterocycles. The molecule has 6 nitrogen and oxygen atoms in total. The second-order valence-corrected chi connectivity index (χ2v) is 9.15. The van der Waals surface area contributed by atoms with Crippen LogP contribution in [0.2, 0.25) is 0 Å². The summed E-state index contributed by atoms with van der Waals surface area (Å²) >= 11 is 0. The number of rotatable bonds is 4. The predicted octanol–water partition coefficient (Wildman–Crippen LogP) is 4.59. The molecule has 32 heavy (non-hydrogen) atoms. The third-order valence-electron chi connectivity index (χ3n) is 6.69. The number of benzene rings is 2. The maximum absolute atomic E-state index is 13.8. The van der Waals surface area contributed by atoms with E-state index in [4.69, 9.17) is 9.15 Å². The Kier molecular flexibility index (Phi) is 5.16. The average Bonchev–Trinajstić information content (AvgIpc) is 3.41. The molecule has 1 unspecified atom stereocenters. The highest BCUT2D eigenvalue weighted by Crippen LogP contribution is 2.39. The number of fused-ring (bicyclic) bond motifs is 3. The first-order valence-electron chi connectivity index (χ1n) is 11.3. The summed E-state index contributed by atoms with van der Waals surface area (Å²) < 4.78 is 12.1. The Morgan fingerprint density at radius 1 is 1.16 bits per heavy atom. The zero-order valence-corrected chi connectivity index (χ0v) is 18.5. The fourth-order valence-corrected chi connectivity index (χ4v) is 4.78. The van der Waals surface area contributed by atoms with Crippen molar-refractivity contribution >= 4 is 22.8 Å². The van der Waals surface area contributed by atoms with E-state index in [2.05, 4.69) is 5.32 Å². The number of furan rings is 1. The van der Waals surface area contributed by atoms with Gasteiger partial charge >= 0.3 is 0 Å². The lowest BCUT2D eigenvalue weighted by Gasteiger charge is -2.38. The highest BCUT2D eigenvalue weighted by atomic mass is 16.5. The van der Waals surface area contributed by atoms with Gasteiger partial charge in [0.05, 0.1) is 5.39 Å². The van der Waals surface area contributed by atoms with Crippen LogP contribution in [0.25, 0.3) is 11.0 Å². The molecule has 1 fully saturated rings. The van der Waals surface area contributed by atoms with Crippen LogP contribution in [0.4, 0.5) is 0 Å². The second kappa shape index (κ2) is 8.01. The van der Waals surface area contributed by atoms with Gasteiger partial charge in [0.1, 0.15) is 12.2 Å². The van der Waals surface area contributed by atoms with Gasteiger partial charge in [0.2, 0.25) is 11.7 Å². The first-order chi connectivity index (χ1) is 15.5. The first kappa shape index (κ1) is 20.6. The smallest absolute Gasteiger partial charge is 0.294 e. The van der Waals surface area contributed by atoms with Crippen molar-refractivity contribution in [3.8, 4) is 5.75 Å². The molecule has 2 aromatic carbocycles. The average molecular weight is 433 g/mol. The number of carbonyl (C=O) groups excluding carboxylic acids is 2. The number of aryl methyl sites for hydroxylation is 1. The molecule has 0 bridgehead atoms. The molecule has 5 rings (SSSR count). The fraction of sp³-hybridized carbons (Fsp3) is 0.385. The summed E-state index contributed by atoms with van der Waals surface area (Å²) in [7, 11) is 0. The van der Waals surface area contributed by atoms with Crippen molar-refractivity contribution in [2.24, 2.45) is 0 Å². The quantitative estimate of drug-likeness (QED) is 0.654. The van der Waals surface area contributed by atoms with E-state index in [9.17, 15) is 9.59 Å². The van der Waals surface area contributed by atoms with Crippen LogP contribution in [0, 0.1) is 6.92 Å². The Hall–Kier alpha value is -3.28. The monoisotopic (exact) mass is 432 g/mol. The number of hydrogen-bond acceptors (Lipinski definition) is 4. The van der Waals surface area contributed by atoms with Gasteiger partial charge in [-0.05, 0) is 44.4 Å². The van der Waals surface area contributed by atoms with Gasteiger partial charge in [-0.2, -0.15) is 0 Å². The van der Waals surface area contributed by atoms with Gasteiger partial charge in [0.15, 0.2) is 11.3 Å². The van der Waals surface area contributed by atoms with Crippen molar-refractivity contribution in [1.29, 1.82) is 0 Å². The topological polar surface area (TPSA) is 71.8 Å². The standard InChI is InChI=1S/C26H28N2O4/c1-17-8-7-9-18(14-17)15-28-24(29)23-22(20-12-5-6-13-21(20)32-23)31-16-26(28,2)25(30)27-19-10-3-4-11-19/h5-9,12-14,19H,3-4,10-11,15-16H2,1-2H3,(H,27,30). The van der Waals surface area contributed by atoms with Crippen LogP contribution in [0.5, 0.6) is 5.75 Å². The summed E-state index contributed by atoms with van der Waals surface area (Å²) in [5.74, 6) is 0.0487. The Bertz CT molecular complexity index is 1180. The maximum Gasteiger partial charge on any atom is 0.294 e. The summed E-state index contributed by atoms with van der Waals surface area (Å²) in [5.41, 5.74) is 1.48. The number of nitrogens with zero attached hydrogens (tertiary/aromatic N) is 1. The number of carbonyl (C=O) groups is 2. The van der Waals surface area contributed by atoms with E-state index in [1.807, 2.05) is 55.5 Å². The molecule has 1 atom stereocenters. The molecule has 0 spiro atoms. The molecular formula is C26H28N2O4. The molecule has 1 N–H and O–H groups in total. The Morgan fingerprint density at radius 2 is 1.94 bits per heavy atom. The summed E-state index contributed by atoms with van der Waals surface area (Å²) in [6.07, 6.45) is 4.18. The van der Waals surface area contributed by atoms with Crippen LogP contribution < -0.4 is 10.1 Å². The van der Waals surface area contributed by atoms with E-state index in [1.54, 1.807) is 11.8 Å². The number of para-hydroxylation sites is 1. The molecule has 1 aliphatic heterocycles. The molecule has 6 heteroatoms. The van der Waals surface area contributed by atoms with Crippen LogP contribution in [0.1, 0.15) is 54.3 Å². The molecule has 2 amide bonds. The van der Waals surface area contributed by atoms with E-state index in [0.717, 1.165) is 42.2 Å². The highest BCUT2D eigenvalue weighted by Gasteiger charge is 2.48. The first-order valence-corrected chi connectivity index (χ1v) is 11.3. The Balaban J connectivity index is 1.56. The second-order valence-electron chi connectivity index (χ2n) is 9.15. The molecule has 1 saturated carbocycles. The van der Waals surface area contributed by atoms with E-state index in [0.29, 0.717) is 11.3 Å². The molecular weight excluding hydrogens is 404 g/mol. The van der Waals surface area contributed by atoms with E-state index >= 15 is 0 Å². The number of amides is 2.